The van der Waals surface area contributed by atoms with Crippen molar-refractivity contribution in [3.05, 3.63) is 57.4 Å². The minimum Gasteiger partial charge on any atom is -0.479 e. The van der Waals surface area contributed by atoms with E-state index in [1.165, 1.54) is 4.93 Å². The summed E-state index contributed by atoms with van der Waals surface area (Å²) in [4.78, 5) is 5.03. The summed E-state index contributed by atoms with van der Waals surface area (Å²) in [6.07, 6.45) is 0.293. The molecule has 1 saturated carbocycles. The number of rotatable bonds is 5. The predicted octanol–water partition coefficient (Wildman–Crippen LogP) is 0.445. The highest BCUT2D eigenvalue weighted by Crippen LogP contribution is 2.43. The monoisotopic (exact) mass is 586 g/mol. The lowest BCUT2D eigenvalue weighted by molar-refractivity contribution is -1.26. The van der Waals surface area contributed by atoms with E-state index >= 15 is 0 Å². The molecule has 4 aromatic rings. The third-order valence-corrected chi connectivity index (χ3v) is 9.18. The molecule has 0 unspecified atom stereocenters. The number of hydrogen-bond donors (Lipinski definition) is 3. The molecule has 0 aliphatic heterocycles. The maximum Gasteiger partial charge on any atom is 0.433 e. The molecule has 34 heavy (non-hydrogen) atoms. The fourth-order valence-corrected chi connectivity index (χ4v) is 6.73. The van der Waals surface area contributed by atoms with Gasteiger partial charge in [-0.15, -0.1) is 10.2 Å². The van der Waals surface area contributed by atoms with Crippen LogP contribution < -0.4 is 23.1 Å². The number of nitrogens with one attached hydrogen (secondary N) is 1. The van der Waals surface area contributed by atoms with Crippen LogP contribution in [-0.4, -0.2) is 38.3 Å². The van der Waals surface area contributed by atoms with Crippen molar-refractivity contribution in [2.45, 2.75) is 31.4 Å². The van der Waals surface area contributed by atoms with Gasteiger partial charge in [-0.2, -0.15) is 18.3 Å². The van der Waals surface area contributed by atoms with Crippen molar-refractivity contribution in [1.29, 1.82) is 0 Å². The molecule has 5 rings (SSSR count). The van der Waals surface area contributed by atoms with Crippen molar-refractivity contribution in [2.75, 3.05) is 4.93 Å². The fourth-order valence-electron chi connectivity index (χ4n) is 4.48. The maximum absolute atomic E-state index is 13.6. The molecule has 2 atom stereocenters. The molecule has 12 heteroatoms. The molecule has 1 aliphatic rings. The van der Waals surface area contributed by atoms with E-state index in [0.717, 1.165) is 36.7 Å². The Labute approximate surface area is 198 Å². The summed E-state index contributed by atoms with van der Waals surface area (Å²) in [6, 6.07) is 8.59. The van der Waals surface area contributed by atoms with Gasteiger partial charge in [0.15, 0.2) is 0 Å². The minimum atomic E-state index is -4.69. The van der Waals surface area contributed by atoms with Gasteiger partial charge in [0, 0.05) is 27.6 Å². The molecule has 1 aromatic carbocycles. The van der Waals surface area contributed by atoms with Crippen LogP contribution >= 0.6 is 0 Å². The van der Waals surface area contributed by atoms with Crippen LogP contribution in [0.4, 0.5) is 13.2 Å². The molecular weight excluding hydrogens is 562 g/mol. The van der Waals surface area contributed by atoms with Crippen LogP contribution in [0, 0.1) is 9.62 Å². The van der Waals surface area contributed by atoms with Gasteiger partial charge in [-0.25, -0.2) is 19.1 Å². The van der Waals surface area contributed by atoms with E-state index in [4.69, 9.17) is 3.95 Å². The Morgan fingerprint density at radius 3 is 2.62 bits per heavy atom. The highest BCUT2D eigenvalue weighted by molar-refractivity contribution is 5.92. The quantitative estimate of drug-likeness (QED) is 0.135. The lowest BCUT2D eigenvalue weighted by Gasteiger charge is -2.36. The van der Waals surface area contributed by atoms with Crippen LogP contribution in [0.5, 0.6) is 0 Å². The van der Waals surface area contributed by atoms with E-state index in [1.807, 2.05) is 35.9 Å². The smallest absolute Gasteiger partial charge is 0.433 e. The third-order valence-electron chi connectivity index (χ3n) is 6.33. The Kier molecular flexibility index (Phi) is 5.64. The van der Waals surface area contributed by atoms with Crippen LogP contribution in [0.25, 0.3) is 22.2 Å². The number of hydrogen-bond acceptors (Lipinski definition) is 6. The largest absolute Gasteiger partial charge is 0.479 e. The Morgan fingerprint density at radius 2 is 2.03 bits per heavy atom. The van der Waals surface area contributed by atoms with E-state index in [0.29, 0.717) is 17.2 Å². The molecule has 1 fully saturated rings. The molecule has 0 bridgehead atoms. The molecule has 3 heterocycles. The average molecular weight is 586 g/mol. The first-order valence-electron chi connectivity index (χ1n) is 10.7. The third kappa shape index (κ3) is 4.07. The minimum absolute atomic E-state index is 0.0220. The molecule has 8 nitrogen and oxygen atoms in total. The summed E-state index contributed by atoms with van der Waals surface area (Å²) < 4.78 is 59.0. The number of aromatic amines is 1. The summed E-state index contributed by atoms with van der Waals surface area (Å²) in [5.41, 5.74) is 1.14. The van der Waals surface area contributed by atoms with Gasteiger partial charge in [0.1, 0.15) is 17.8 Å². The second-order valence-corrected chi connectivity index (χ2v) is 14.7. The van der Waals surface area contributed by atoms with Crippen LogP contribution in [0.1, 0.15) is 42.3 Å². The van der Waals surface area contributed by atoms with Crippen molar-refractivity contribution < 1.29 is 35.7 Å². The molecule has 0 radical (unpaired) electrons. The van der Waals surface area contributed by atoms with E-state index < -0.39 is 31.0 Å². The number of nitrogens with zero attached hydrogens (tertiary/aromatic N) is 5. The Hall–Kier alpha value is -2.58. The number of alkyl halides is 4. The van der Waals surface area contributed by atoms with Crippen LogP contribution in [0.15, 0.2) is 36.7 Å². The Morgan fingerprint density at radius 1 is 1.26 bits per heavy atom. The zero-order valence-electron chi connectivity index (χ0n) is 18.5. The fraction of sp³-hybridized carbons (Fsp3) is 0.364. The van der Waals surface area contributed by atoms with Crippen LogP contribution in [-0.2, 0) is 13.2 Å². The molecule has 4 N–H and O–H groups in total. The van der Waals surface area contributed by atoms with Crippen molar-refractivity contribution in [3.63, 3.8) is 0 Å². The standard InChI is InChI=1S/C22H24F3IN7O/c1-26(27,34)20-19-15(10-16(29-20)22(23,24)25)18(30-31-19)14-8-4-7-13(9-14)17(12-5-3-6-12)21-32-28-11-33(21)2/h4,7-12,17,34H,3,5-6,27H2,1-2H3,(H,30,31)/q-1/t17-/m1/s1. The average Bonchev–Trinajstić information content (AvgIpc) is 3.34. The zero-order valence-corrected chi connectivity index (χ0v) is 20.7. The number of fused-ring (bicyclic) bond motifs is 1. The Balaban J connectivity index is 1.67. The van der Waals surface area contributed by atoms with E-state index in [-0.39, 0.29) is 20.5 Å². The zero-order chi connectivity index (χ0) is 24.3. The highest BCUT2D eigenvalue weighted by atomic mass is 127. The molecule has 0 spiro atoms. The SMILES string of the molecule is Cn1cnnc1[C@@H](c1cccc(-c2n[nH]c3c([I@-](C)(N)O)nc(C(F)(F)F)cc23)c1)C1CCC1. The summed E-state index contributed by atoms with van der Waals surface area (Å²) in [7, 11) is 1.91. The first-order chi connectivity index (χ1) is 16.0. The van der Waals surface area contributed by atoms with Gasteiger partial charge in [-0.1, -0.05) is 29.6 Å². The molecular formula is C22H24F3IN7O-. The van der Waals surface area contributed by atoms with Gasteiger partial charge < -0.3 is 12.0 Å². The summed E-state index contributed by atoms with van der Waals surface area (Å²) in [5.74, 6) is 1.29. The molecule has 3 aromatic heterocycles. The number of nitrogens with two attached hydrogens (primary N) is 1. The summed E-state index contributed by atoms with van der Waals surface area (Å²) in [6.45, 7) is 0. The van der Waals surface area contributed by atoms with Crippen molar-refractivity contribution >= 4 is 10.9 Å². The number of aryl methyl sites for hydroxylation is 1. The number of aromatic nitrogens is 6. The van der Waals surface area contributed by atoms with Gasteiger partial charge in [0.25, 0.3) is 0 Å². The van der Waals surface area contributed by atoms with Crippen LogP contribution in [0.2, 0.25) is 0 Å². The first-order valence-corrected chi connectivity index (χ1v) is 16.1. The van der Waals surface area contributed by atoms with Crippen molar-refractivity contribution in [1.82, 2.24) is 29.9 Å². The highest BCUT2D eigenvalue weighted by Gasteiger charge is 2.35. The van der Waals surface area contributed by atoms with E-state index in [1.54, 1.807) is 6.33 Å². The number of benzene rings is 1. The molecule has 0 saturated heterocycles. The first kappa shape index (κ1) is 23.2. The van der Waals surface area contributed by atoms with Gasteiger partial charge in [-0.05, 0) is 36.5 Å². The van der Waals surface area contributed by atoms with Crippen LogP contribution in [0.3, 0.4) is 0 Å². The number of H-pyrrole nitrogens is 1. The second-order valence-electron chi connectivity index (χ2n) is 8.75. The van der Waals surface area contributed by atoms with Crippen molar-refractivity contribution in [2.24, 2.45) is 16.9 Å². The van der Waals surface area contributed by atoms with Gasteiger partial charge in [0.05, 0.1) is 11.2 Å². The van der Waals surface area contributed by atoms with Gasteiger partial charge >= 0.3 is 6.18 Å². The molecule has 1 aliphatic carbocycles. The van der Waals surface area contributed by atoms with E-state index in [9.17, 15) is 16.6 Å². The van der Waals surface area contributed by atoms with Gasteiger partial charge in [0.2, 0.25) is 0 Å². The molecule has 0 amide bonds. The van der Waals surface area contributed by atoms with E-state index in [2.05, 4.69) is 25.4 Å². The topological polar surface area (TPSA) is 119 Å². The lowest BCUT2D eigenvalue weighted by atomic mass is 9.72. The number of halogens is 4. The lowest BCUT2D eigenvalue weighted by Crippen LogP contribution is -4.10. The maximum atomic E-state index is 13.6. The molecule has 182 valence electrons. The summed E-state index contributed by atoms with van der Waals surface area (Å²) in [5, 5.41) is 15.7. The predicted molar refractivity (Wildman–Crippen MR) is 116 cm³/mol. The second kappa shape index (κ2) is 8.27. The summed E-state index contributed by atoms with van der Waals surface area (Å²) >= 11 is -4.15. The Bertz CT molecular complexity index is 1350. The normalized spacial score (nSPS) is 17.5. The number of pyridine rings is 1. The van der Waals surface area contributed by atoms with Crippen molar-refractivity contribution in [3.8, 4) is 11.3 Å². The van der Waals surface area contributed by atoms with Gasteiger partial charge in [-0.3, -0.25) is 10.1 Å².